The minimum atomic E-state index is -1.10. The van der Waals surface area contributed by atoms with Gasteiger partial charge >= 0.3 is 0 Å². The number of nitrogens with two attached hydrogens (primary N) is 1. The third-order valence-electron chi connectivity index (χ3n) is 6.27. The van der Waals surface area contributed by atoms with Gasteiger partial charge in [-0.25, -0.2) is 4.39 Å². The number of benzene rings is 1. The van der Waals surface area contributed by atoms with Crippen LogP contribution < -0.4 is 15.8 Å². The van der Waals surface area contributed by atoms with E-state index in [0.29, 0.717) is 38.8 Å². The number of carbonyl (C=O) groups is 3. The molecule has 3 N–H and O–H groups in total. The first-order chi connectivity index (χ1) is 14.5. The van der Waals surface area contributed by atoms with Crippen LogP contribution in [0.3, 0.4) is 0 Å². The monoisotopic (exact) mass is 454 g/mol. The lowest BCUT2D eigenvalue weighted by Crippen LogP contribution is -2.59. The average Bonchev–Trinajstić information content (AvgIpc) is 3.18. The Hall–Kier alpha value is -2.39. The van der Waals surface area contributed by atoms with E-state index >= 15 is 0 Å². The molecule has 4 atom stereocenters. The predicted molar refractivity (Wildman–Crippen MR) is 113 cm³/mol. The Kier molecular flexibility index (Phi) is 7.38. The highest BCUT2D eigenvalue weighted by Crippen LogP contribution is 2.33. The summed E-state index contributed by atoms with van der Waals surface area (Å²) in [5.74, 6) is -0.448. The van der Waals surface area contributed by atoms with Crippen molar-refractivity contribution in [3.8, 4) is 5.75 Å². The number of hydrogen-bond donors (Lipinski definition) is 2. The van der Waals surface area contributed by atoms with Crippen molar-refractivity contribution in [3.63, 3.8) is 0 Å². The van der Waals surface area contributed by atoms with E-state index in [0.717, 1.165) is 11.3 Å². The quantitative estimate of drug-likeness (QED) is 0.707. The highest BCUT2D eigenvalue weighted by Gasteiger charge is 2.44. The van der Waals surface area contributed by atoms with E-state index in [1.54, 1.807) is 4.90 Å². The van der Waals surface area contributed by atoms with Crippen LogP contribution in [-0.2, 0) is 14.4 Å². The zero-order valence-corrected chi connectivity index (χ0v) is 18.0. The molecule has 1 aromatic rings. The van der Waals surface area contributed by atoms with Crippen LogP contribution in [0.5, 0.6) is 5.75 Å². The summed E-state index contributed by atoms with van der Waals surface area (Å²) in [6.45, 7) is -0.298. The maximum atomic E-state index is 13.1. The van der Waals surface area contributed by atoms with Gasteiger partial charge in [0.1, 0.15) is 17.8 Å². The Labute approximate surface area is 186 Å². The largest absolute Gasteiger partial charge is 0.493 e. The number of nitrogens with zero attached hydrogens (tertiary/aromatic N) is 2. The molecule has 3 aliphatic heterocycles. The summed E-state index contributed by atoms with van der Waals surface area (Å²) in [5.41, 5.74) is 6.97. The second kappa shape index (κ2) is 9.82. The van der Waals surface area contributed by atoms with Gasteiger partial charge in [-0.15, -0.1) is 12.4 Å². The van der Waals surface area contributed by atoms with Crippen LogP contribution in [0.1, 0.15) is 37.3 Å². The van der Waals surface area contributed by atoms with Gasteiger partial charge in [-0.1, -0.05) is 18.2 Å². The molecule has 170 valence electrons. The third-order valence-corrected chi connectivity index (χ3v) is 6.27. The van der Waals surface area contributed by atoms with Crippen molar-refractivity contribution in [2.24, 2.45) is 5.73 Å². The lowest BCUT2D eigenvalue weighted by molar-refractivity contribution is -0.145. The molecule has 10 heteroatoms. The smallest absolute Gasteiger partial charge is 0.254 e. The summed E-state index contributed by atoms with van der Waals surface area (Å²) in [6.07, 6.45) is 2.36. The molecular formula is C21H28ClFN4O4. The van der Waals surface area contributed by atoms with Crippen LogP contribution in [0.15, 0.2) is 24.3 Å². The Morgan fingerprint density at radius 1 is 1.19 bits per heavy atom. The van der Waals surface area contributed by atoms with E-state index in [1.807, 2.05) is 24.3 Å². The van der Waals surface area contributed by atoms with Crippen LogP contribution in [0.4, 0.5) is 4.39 Å². The van der Waals surface area contributed by atoms with E-state index in [-0.39, 0.29) is 42.8 Å². The molecule has 4 rings (SSSR count). The Bertz CT molecular complexity index is 841. The van der Waals surface area contributed by atoms with Crippen molar-refractivity contribution in [3.05, 3.63) is 29.8 Å². The third kappa shape index (κ3) is 4.62. The predicted octanol–water partition coefficient (Wildman–Crippen LogP) is 0.937. The van der Waals surface area contributed by atoms with Gasteiger partial charge in [-0.3, -0.25) is 14.4 Å². The second-order valence-electron chi connectivity index (χ2n) is 8.10. The zero-order chi connectivity index (χ0) is 21.3. The number of alkyl halides is 1. The summed E-state index contributed by atoms with van der Waals surface area (Å²) in [6, 6.07) is 5.70. The van der Waals surface area contributed by atoms with Gasteiger partial charge in [0.25, 0.3) is 5.91 Å². The average molecular weight is 455 g/mol. The van der Waals surface area contributed by atoms with Crippen molar-refractivity contribution >= 4 is 30.1 Å². The SMILES string of the molecule is Cl.N[C@H]1CN(C(=O)CF)CC[C@H]2CC[C@@H](C(=O)N[C@@H]3CCOc4ccccc43)N2C1=O. The highest BCUT2D eigenvalue weighted by atomic mass is 35.5. The number of hydrogen-bond acceptors (Lipinski definition) is 5. The summed E-state index contributed by atoms with van der Waals surface area (Å²) in [4.78, 5) is 40.8. The minimum Gasteiger partial charge on any atom is -0.493 e. The number of para-hydroxylation sites is 1. The molecule has 0 unspecified atom stereocenters. The molecule has 1 aromatic carbocycles. The van der Waals surface area contributed by atoms with Gasteiger partial charge in [0.15, 0.2) is 6.67 Å². The first-order valence-electron chi connectivity index (χ1n) is 10.4. The fourth-order valence-electron chi connectivity index (χ4n) is 4.73. The molecular weight excluding hydrogens is 427 g/mol. The standard InChI is InChI=1S/C21H27FN4O4.ClH/c22-11-19(27)25-9-7-13-5-6-17(26(13)21(29)15(23)12-25)20(28)24-16-8-10-30-18-4-2-1-3-14(16)18;/h1-4,13,15-17H,5-12,23H2,(H,24,28);1H/t13-,15+,16-,17+;/m1./s1. The minimum absolute atomic E-state index is 0. The van der Waals surface area contributed by atoms with Gasteiger partial charge in [-0.05, 0) is 25.3 Å². The number of fused-ring (bicyclic) bond motifs is 2. The normalized spacial score (nSPS) is 27.7. The lowest BCUT2D eigenvalue weighted by atomic mass is 10.00. The molecule has 0 spiro atoms. The van der Waals surface area contributed by atoms with Gasteiger partial charge in [0, 0.05) is 31.1 Å². The Morgan fingerprint density at radius 2 is 1.97 bits per heavy atom. The fourth-order valence-corrected chi connectivity index (χ4v) is 4.73. The first kappa shape index (κ1) is 23.3. The molecule has 3 aliphatic rings. The number of amides is 3. The van der Waals surface area contributed by atoms with E-state index in [1.165, 1.54) is 4.90 Å². The van der Waals surface area contributed by atoms with Crippen LogP contribution in [0.25, 0.3) is 0 Å². The van der Waals surface area contributed by atoms with Crippen LogP contribution in [-0.4, -0.2) is 72.0 Å². The summed E-state index contributed by atoms with van der Waals surface area (Å²) < 4.78 is 18.5. The molecule has 3 heterocycles. The molecule has 8 nitrogen and oxygen atoms in total. The van der Waals surface area contributed by atoms with E-state index in [4.69, 9.17) is 10.5 Å². The maximum Gasteiger partial charge on any atom is 0.254 e. The number of ether oxygens (including phenoxy) is 1. The molecule has 3 amide bonds. The molecule has 0 radical (unpaired) electrons. The topological polar surface area (TPSA) is 105 Å². The molecule has 0 saturated carbocycles. The second-order valence-corrected chi connectivity index (χ2v) is 8.10. The summed E-state index contributed by atoms with van der Waals surface area (Å²) in [7, 11) is 0. The maximum absolute atomic E-state index is 13.1. The van der Waals surface area contributed by atoms with E-state index in [2.05, 4.69) is 5.32 Å². The van der Waals surface area contributed by atoms with Crippen molar-refractivity contribution in [1.29, 1.82) is 0 Å². The molecule has 31 heavy (non-hydrogen) atoms. The number of rotatable bonds is 3. The molecule has 0 aliphatic carbocycles. The number of halogens is 2. The van der Waals surface area contributed by atoms with Crippen LogP contribution in [0, 0.1) is 0 Å². The van der Waals surface area contributed by atoms with Crippen LogP contribution in [0.2, 0.25) is 0 Å². The molecule has 0 aromatic heterocycles. The molecule has 2 fully saturated rings. The molecule has 0 bridgehead atoms. The van der Waals surface area contributed by atoms with E-state index < -0.39 is 24.7 Å². The van der Waals surface area contributed by atoms with Crippen molar-refractivity contribution in [1.82, 2.24) is 15.1 Å². The number of carbonyl (C=O) groups excluding carboxylic acids is 3. The lowest BCUT2D eigenvalue weighted by Gasteiger charge is -2.37. The van der Waals surface area contributed by atoms with Crippen LogP contribution >= 0.6 is 12.4 Å². The van der Waals surface area contributed by atoms with E-state index in [9.17, 15) is 18.8 Å². The van der Waals surface area contributed by atoms with Gasteiger partial charge < -0.3 is 25.6 Å². The molecule has 2 saturated heterocycles. The van der Waals surface area contributed by atoms with Gasteiger partial charge in [0.05, 0.1) is 12.6 Å². The van der Waals surface area contributed by atoms with Gasteiger partial charge in [-0.2, -0.15) is 0 Å². The summed E-state index contributed by atoms with van der Waals surface area (Å²) >= 11 is 0. The first-order valence-corrected chi connectivity index (χ1v) is 10.4. The highest BCUT2D eigenvalue weighted by molar-refractivity contribution is 5.91. The fraction of sp³-hybridized carbons (Fsp3) is 0.571. The van der Waals surface area contributed by atoms with Crippen molar-refractivity contribution in [2.45, 2.75) is 49.9 Å². The Balaban J connectivity index is 0.00000272. The Morgan fingerprint density at radius 3 is 2.74 bits per heavy atom. The summed E-state index contributed by atoms with van der Waals surface area (Å²) in [5, 5.41) is 3.09. The number of nitrogens with one attached hydrogen (secondary N) is 1. The van der Waals surface area contributed by atoms with Gasteiger partial charge in [0.2, 0.25) is 11.8 Å². The van der Waals surface area contributed by atoms with Crippen molar-refractivity contribution in [2.75, 3.05) is 26.4 Å². The van der Waals surface area contributed by atoms with Crippen molar-refractivity contribution < 1.29 is 23.5 Å². The zero-order valence-electron chi connectivity index (χ0n) is 17.2.